The van der Waals surface area contributed by atoms with Crippen molar-refractivity contribution in [1.82, 2.24) is 14.5 Å². The molecule has 3 aromatic heterocycles. The largest absolute Gasteiger partial charge is 0.302 e. The first-order valence-electron chi connectivity index (χ1n) is 9.10. The average molecular weight is 413 g/mol. The van der Waals surface area contributed by atoms with Crippen LogP contribution in [0.15, 0.2) is 29.3 Å². The van der Waals surface area contributed by atoms with Crippen LogP contribution in [-0.2, 0) is 17.8 Å². The zero-order valence-electron chi connectivity index (χ0n) is 15.9. The number of aromatic nitrogens is 3. The number of nitrogens with zero attached hydrogens (tertiary/aromatic N) is 3. The highest BCUT2D eigenvalue weighted by atomic mass is 32.1. The van der Waals surface area contributed by atoms with Gasteiger partial charge in [-0.3, -0.25) is 14.2 Å². The van der Waals surface area contributed by atoms with Crippen molar-refractivity contribution in [1.29, 1.82) is 0 Å². The molecule has 6 nitrogen and oxygen atoms in total. The molecule has 0 radical (unpaired) electrons. The molecule has 0 saturated heterocycles. The number of thiophene rings is 1. The Balaban J connectivity index is 1.47. The van der Waals surface area contributed by atoms with Crippen molar-refractivity contribution in [3.05, 3.63) is 50.9 Å². The Morgan fingerprint density at radius 3 is 2.86 bits per heavy atom. The lowest BCUT2D eigenvalue weighted by Gasteiger charge is -2.05. The van der Waals surface area contributed by atoms with E-state index in [0.717, 1.165) is 31.9 Å². The first-order chi connectivity index (χ1) is 13.5. The summed E-state index contributed by atoms with van der Waals surface area (Å²) in [6.07, 6.45) is 2.68. The number of fused-ring (bicyclic) bond motifs is 2. The van der Waals surface area contributed by atoms with Gasteiger partial charge in [0.2, 0.25) is 5.91 Å². The van der Waals surface area contributed by atoms with Crippen molar-refractivity contribution in [2.24, 2.45) is 0 Å². The van der Waals surface area contributed by atoms with Crippen LogP contribution in [-0.4, -0.2) is 20.4 Å². The second kappa shape index (κ2) is 7.44. The highest BCUT2D eigenvalue weighted by Crippen LogP contribution is 2.27. The molecule has 0 bridgehead atoms. The third-order valence-corrected chi connectivity index (χ3v) is 6.89. The van der Waals surface area contributed by atoms with Crippen LogP contribution in [0.3, 0.4) is 0 Å². The molecule has 3 heterocycles. The van der Waals surface area contributed by atoms with E-state index in [0.29, 0.717) is 10.5 Å². The highest BCUT2D eigenvalue weighted by molar-refractivity contribution is 7.22. The minimum atomic E-state index is -0.167. The Bertz CT molecular complexity index is 1250. The van der Waals surface area contributed by atoms with E-state index in [2.05, 4.69) is 34.3 Å². The molecular formula is C20H20N4O2S2. The summed E-state index contributed by atoms with van der Waals surface area (Å²) in [6, 6.07) is 6.14. The molecule has 0 aliphatic rings. The molecule has 1 aromatic carbocycles. The van der Waals surface area contributed by atoms with Crippen molar-refractivity contribution in [3.63, 3.8) is 0 Å². The Morgan fingerprint density at radius 2 is 2.07 bits per heavy atom. The maximum Gasteiger partial charge on any atom is 0.262 e. The van der Waals surface area contributed by atoms with Gasteiger partial charge in [-0.1, -0.05) is 24.3 Å². The van der Waals surface area contributed by atoms with E-state index in [4.69, 9.17) is 0 Å². The second-order valence-electron chi connectivity index (χ2n) is 6.68. The van der Waals surface area contributed by atoms with Gasteiger partial charge < -0.3 is 5.32 Å². The number of amides is 1. The summed E-state index contributed by atoms with van der Waals surface area (Å²) in [6.45, 7) is 6.32. The number of carbonyl (C=O) groups is 1. The predicted molar refractivity (Wildman–Crippen MR) is 116 cm³/mol. The maximum absolute atomic E-state index is 12.7. The van der Waals surface area contributed by atoms with Crippen molar-refractivity contribution < 1.29 is 4.79 Å². The summed E-state index contributed by atoms with van der Waals surface area (Å²) in [5, 5.41) is 4.08. The molecule has 1 amide bonds. The fourth-order valence-electron chi connectivity index (χ4n) is 3.08. The van der Waals surface area contributed by atoms with E-state index in [9.17, 15) is 9.59 Å². The third-order valence-electron chi connectivity index (χ3n) is 4.84. The van der Waals surface area contributed by atoms with Gasteiger partial charge in [0.15, 0.2) is 5.13 Å². The fourth-order valence-corrected chi connectivity index (χ4v) is 5.01. The lowest BCUT2D eigenvalue weighted by atomic mass is 10.2. The monoisotopic (exact) mass is 412 g/mol. The van der Waals surface area contributed by atoms with Crippen LogP contribution in [0.25, 0.3) is 20.4 Å². The molecule has 0 saturated carbocycles. The number of carbonyl (C=O) groups excluding carboxylic acids is 1. The topological polar surface area (TPSA) is 76.9 Å². The fraction of sp³-hybridized carbons (Fsp3) is 0.300. The summed E-state index contributed by atoms with van der Waals surface area (Å²) in [7, 11) is 0. The lowest BCUT2D eigenvalue weighted by Crippen LogP contribution is -2.23. The van der Waals surface area contributed by atoms with E-state index in [1.165, 1.54) is 39.1 Å². The summed E-state index contributed by atoms with van der Waals surface area (Å²) < 4.78 is 2.57. The number of hydrogen-bond donors (Lipinski definition) is 1. The van der Waals surface area contributed by atoms with Gasteiger partial charge in [-0.25, -0.2) is 9.97 Å². The smallest absolute Gasteiger partial charge is 0.262 e. The highest BCUT2D eigenvalue weighted by Gasteiger charge is 2.13. The molecule has 1 N–H and O–H groups in total. The van der Waals surface area contributed by atoms with Gasteiger partial charge in [0, 0.05) is 17.8 Å². The van der Waals surface area contributed by atoms with Crippen molar-refractivity contribution in [2.75, 3.05) is 5.32 Å². The molecule has 0 spiro atoms. The minimum absolute atomic E-state index is 0.0910. The molecule has 0 fully saturated rings. The van der Waals surface area contributed by atoms with Crippen LogP contribution in [0.5, 0.6) is 0 Å². The molecule has 0 aliphatic heterocycles. The summed E-state index contributed by atoms with van der Waals surface area (Å²) in [5.41, 5.74) is 3.01. The van der Waals surface area contributed by atoms with E-state index in [-0.39, 0.29) is 24.4 Å². The van der Waals surface area contributed by atoms with Crippen molar-refractivity contribution in [3.8, 4) is 0 Å². The Morgan fingerprint density at radius 1 is 1.25 bits per heavy atom. The first kappa shape index (κ1) is 18.8. The predicted octanol–water partition coefficient (Wildman–Crippen LogP) is 4.28. The number of rotatable bonds is 5. The lowest BCUT2D eigenvalue weighted by molar-refractivity contribution is -0.116. The molecule has 8 heteroatoms. The van der Waals surface area contributed by atoms with Crippen LogP contribution < -0.4 is 10.9 Å². The summed E-state index contributed by atoms with van der Waals surface area (Å²) >= 11 is 2.99. The van der Waals surface area contributed by atoms with E-state index >= 15 is 0 Å². The van der Waals surface area contributed by atoms with E-state index in [1.54, 1.807) is 0 Å². The number of nitrogens with one attached hydrogen (secondary N) is 1. The normalized spacial score (nSPS) is 11.4. The zero-order chi connectivity index (χ0) is 19.8. The zero-order valence-corrected chi connectivity index (χ0v) is 17.5. The molecule has 28 heavy (non-hydrogen) atoms. The second-order valence-corrected chi connectivity index (χ2v) is 8.91. The maximum atomic E-state index is 12.7. The Kier molecular flexibility index (Phi) is 4.99. The number of thiazole rings is 1. The number of aryl methyl sites for hydroxylation is 4. The first-order valence-corrected chi connectivity index (χ1v) is 10.7. The quantitative estimate of drug-likeness (QED) is 0.531. The van der Waals surface area contributed by atoms with Crippen LogP contribution in [0.4, 0.5) is 5.13 Å². The molecule has 0 atom stereocenters. The third kappa shape index (κ3) is 3.45. The standard InChI is InChI=1S/C20H20N4O2S2/c1-4-13-5-6-14-15(9-13)28-20(22-14)23-16(25)7-8-24-10-21-18-17(19(24)26)11(2)12(3)27-18/h5-6,9-10H,4,7-8H2,1-3H3,(H,22,23,25). The minimum Gasteiger partial charge on any atom is -0.302 e. The molecule has 0 unspecified atom stereocenters. The molecule has 0 aliphatic carbocycles. The van der Waals surface area contributed by atoms with Crippen LogP contribution >= 0.6 is 22.7 Å². The molecular weight excluding hydrogens is 392 g/mol. The number of hydrogen-bond acceptors (Lipinski definition) is 6. The van der Waals surface area contributed by atoms with Crippen molar-refractivity contribution in [2.45, 2.75) is 40.2 Å². The average Bonchev–Trinajstić information content (AvgIpc) is 3.20. The van der Waals surface area contributed by atoms with Gasteiger partial charge >= 0.3 is 0 Å². The van der Waals surface area contributed by atoms with Gasteiger partial charge in [0.05, 0.1) is 21.9 Å². The molecule has 144 valence electrons. The van der Waals surface area contributed by atoms with Crippen LogP contribution in [0.2, 0.25) is 0 Å². The van der Waals surface area contributed by atoms with Gasteiger partial charge in [-0.05, 0) is 43.5 Å². The van der Waals surface area contributed by atoms with Gasteiger partial charge in [0.25, 0.3) is 5.56 Å². The number of anilines is 1. The molecule has 4 rings (SSSR count). The van der Waals surface area contributed by atoms with Gasteiger partial charge in [-0.2, -0.15) is 0 Å². The number of benzene rings is 1. The Labute approximate surface area is 169 Å². The van der Waals surface area contributed by atoms with Crippen LogP contribution in [0.1, 0.15) is 29.3 Å². The van der Waals surface area contributed by atoms with Crippen molar-refractivity contribution >= 4 is 54.1 Å². The van der Waals surface area contributed by atoms with Crippen LogP contribution in [0, 0.1) is 13.8 Å². The SMILES string of the molecule is CCc1ccc2nc(NC(=O)CCn3cnc4sc(C)c(C)c4c3=O)sc2c1. The molecule has 4 aromatic rings. The summed E-state index contributed by atoms with van der Waals surface area (Å²) in [4.78, 5) is 35.7. The van der Waals surface area contributed by atoms with Gasteiger partial charge in [-0.15, -0.1) is 11.3 Å². The van der Waals surface area contributed by atoms with E-state index < -0.39 is 0 Å². The van der Waals surface area contributed by atoms with Gasteiger partial charge in [0.1, 0.15) is 4.83 Å². The summed E-state index contributed by atoms with van der Waals surface area (Å²) in [5.74, 6) is -0.167. The van der Waals surface area contributed by atoms with E-state index in [1.807, 2.05) is 19.9 Å². The Hall–Kier alpha value is -2.58.